The third-order valence-corrected chi connectivity index (χ3v) is 5.56. The lowest BCUT2D eigenvalue weighted by Gasteiger charge is -2.16. The molecule has 5 heteroatoms. The molecule has 22 heavy (non-hydrogen) atoms. The summed E-state index contributed by atoms with van der Waals surface area (Å²) in [5.41, 5.74) is 2.15. The molecule has 114 valence electrons. The number of rotatable bonds is 3. The van der Waals surface area contributed by atoms with Gasteiger partial charge in [0.15, 0.2) is 0 Å². The fraction of sp³-hybridized carbons (Fsp3) is 0.176. The van der Waals surface area contributed by atoms with E-state index in [0.29, 0.717) is 5.57 Å². The summed E-state index contributed by atoms with van der Waals surface area (Å²) in [6, 6.07) is 15.6. The highest BCUT2D eigenvalue weighted by Gasteiger charge is 2.33. The van der Waals surface area contributed by atoms with E-state index >= 15 is 0 Å². The van der Waals surface area contributed by atoms with Crippen LogP contribution < -0.4 is 0 Å². The predicted molar refractivity (Wildman–Crippen MR) is 84.4 cm³/mol. The molecule has 1 heterocycles. The Labute approximate surface area is 129 Å². The minimum atomic E-state index is -3.68. The van der Waals surface area contributed by atoms with Gasteiger partial charge in [-0.1, -0.05) is 48.0 Å². The molecule has 0 saturated carbocycles. The van der Waals surface area contributed by atoms with Crippen LogP contribution in [0.5, 0.6) is 0 Å². The second-order valence-corrected chi connectivity index (χ2v) is 7.27. The summed E-state index contributed by atoms with van der Waals surface area (Å²) in [5.74, 6) is -0.387. The topological polar surface area (TPSA) is 37.4 Å². The number of benzene rings is 2. The average molecular weight is 317 g/mol. The Morgan fingerprint density at radius 2 is 1.59 bits per heavy atom. The van der Waals surface area contributed by atoms with Gasteiger partial charge >= 0.3 is 0 Å². The molecule has 0 aliphatic carbocycles. The molecule has 0 N–H and O–H groups in total. The van der Waals surface area contributed by atoms with Crippen molar-refractivity contribution in [2.24, 2.45) is 0 Å². The van der Waals surface area contributed by atoms with Crippen LogP contribution in [0.4, 0.5) is 4.39 Å². The fourth-order valence-electron chi connectivity index (χ4n) is 2.48. The first-order chi connectivity index (χ1) is 10.5. The Morgan fingerprint density at radius 1 is 0.955 bits per heavy atom. The van der Waals surface area contributed by atoms with Crippen LogP contribution in [-0.2, 0) is 10.0 Å². The lowest BCUT2D eigenvalue weighted by atomic mass is 10.1. The van der Waals surface area contributed by atoms with Crippen LogP contribution in [-0.4, -0.2) is 25.8 Å². The van der Waals surface area contributed by atoms with E-state index in [4.69, 9.17) is 0 Å². The van der Waals surface area contributed by atoms with Crippen LogP contribution in [0.15, 0.2) is 65.3 Å². The third kappa shape index (κ3) is 2.69. The van der Waals surface area contributed by atoms with Gasteiger partial charge in [-0.15, -0.1) is 0 Å². The fourth-order valence-corrected chi connectivity index (χ4v) is 3.85. The van der Waals surface area contributed by atoms with E-state index in [1.54, 1.807) is 36.4 Å². The highest BCUT2D eigenvalue weighted by atomic mass is 32.2. The zero-order valence-corrected chi connectivity index (χ0v) is 13.0. The predicted octanol–water partition coefficient (Wildman–Crippen LogP) is 3.38. The Morgan fingerprint density at radius 3 is 2.23 bits per heavy atom. The van der Waals surface area contributed by atoms with Crippen LogP contribution in [0.2, 0.25) is 0 Å². The standard InChI is InChI=1S/C17H16FNO2S/c1-13-7-9-15(10-8-13)22(20,21)19-11-16(17(18)12-19)14-5-3-2-4-6-14/h2-10H,11-12H2,1H3. The van der Waals surface area contributed by atoms with Gasteiger partial charge < -0.3 is 0 Å². The molecule has 0 atom stereocenters. The van der Waals surface area contributed by atoms with Crippen molar-refractivity contribution < 1.29 is 12.8 Å². The van der Waals surface area contributed by atoms with Crippen molar-refractivity contribution in [3.05, 3.63) is 71.6 Å². The molecular weight excluding hydrogens is 301 g/mol. The van der Waals surface area contributed by atoms with E-state index in [0.717, 1.165) is 11.1 Å². The number of hydrogen-bond donors (Lipinski definition) is 0. The van der Waals surface area contributed by atoms with Crippen LogP contribution in [0, 0.1) is 6.92 Å². The van der Waals surface area contributed by atoms with Gasteiger partial charge in [-0.3, -0.25) is 0 Å². The Hall–Kier alpha value is -1.98. The van der Waals surface area contributed by atoms with Crippen molar-refractivity contribution in [2.75, 3.05) is 13.1 Å². The van der Waals surface area contributed by atoms with E-state index in [-0.39, 0.29) is 23.8 Å². The first-order valence-corrected chi connectivity index (χ1v) is 8.42. The lowest BCUT2D eigenvalue weighted by molar-refractivity contribution is 0.462. The highest BCUT2D eigenvalue weighted by molar-refractivity contribution is 7.89. The molecule has 0 fully saturated rings. The molecule has 0 amide bonds. The minimum absolute atomic E-state index is 0.0616. The smallest absolute Gasteiger partial charge is 0.210 e. The molecule has 0 bridgehead atoms. The third-order valence-electron chi connectivity index (χ3n) is 3.76. The van der Waals surface area contributed by atoms with Crippen molar-refractivity contribution >= 4 is 15.6 Å². The molecule has 0 unspecified atom stereocenters. The zero-order chi connectivity index (χ0) is 15.7. The summed E-state index contributed by atoms with van der Waals surface area (Å²) >= 11 is 0. The maximum atomic E-state index is 14.2. The van der Waals surface area contributed by atoms with E-state index < -0.39 is 10.0 Å². The van der Waals surface area contributed by atoms with Crippen LogP contribution >= 0.6 is 0 Å². The van der Waals surface area contributed by atoms with Crippen LogP contribution in [0.3, 0.4) is 0 Å². The SMILES string of the molecule is Cc1ccc(S(=O)(=O)N2CC(F)=C(c3ccccc3)C2)cc1. The van der Waals surface area contributed by atoms with Gasteiger partial charge in [0.1, 0.15) is 5.83 Å². The molecule has 2 aromatic rings. The van der Waals surface area contributed by atoms with Crippen LogP contribution in [0.25, 0.3) is 5.57 Å². The maximum absolute atomic E-state index is 14.2. The second-order valence-electron chi connectivity index (χ2n) is 5.34. The van der Waals surface area contributed by atoms with Gasteiger partial charge in [0, 0.05) is 12.1 Å². The normalized spacial score (nSPS) is 16.3. The first kappa shape index (κ1) is 14.9. The molecule has 2 aromatic carbocycles. The van der Waals surface area contributed by atoms with E-state index in [1.165, 1.54) is 4.31 Å². The number of aryl methyl sites for hydroxylation is 1. The summed E-state index contributed by atoms with van der Waals surface area (Å²) < 4.78 is 40.6. The Bertz CT molecular complexity index is 811. The number of nitrogens with zero attached hydrogens (tertiary/aromatic N) is 1. The van der Waals surface area contributed by atoms with Gasteiger partial charge in [0.25, 0.3) is 0 Å². The van der Waals surface area contributed by atoms with Crippen molar-refractivity contribution in [2.45, 2.75) is 11.8 Å². The molecule has 3 nitrogen and oxygen atoms in total. The van der Waals surface area contributed by atoms with Gasteiger partial charge in [-0.05, 0) is 24.6 Å². The Kier molecular flexibility index (Phi) is 3.85. The molecule has 1 aliphatic heterocycles. The molecule has 0 spiro atoms. The maximum Gasteiger partial charge on any atom is 0.243 e. The number of halogens is 1. The molecule has 0 radical (unpaired) electrons. The quantitative estimate of drug-likeness (QED) is 0.870. The summed E-state index contributed by atoms with van der Waals surface area (Å²) in [6.45, 7) is 1.74. The zero-order valence-electron chi connectivity index (χ0n) is 12.2. The molecule has 1 aliphatic rings. The Balaban J connectivity index is 1.88. The van der Waals surface area contributed by atoms with Gasteiger partial charge in [0.05, 0.1) is 11.4 Å². The minimum Gasteiger partial charge on any atom is -0.210 e. The average Bonchev–Trinajstić information content (AvgIpc) is 2.91. The van der Waals surface area contributed by atoms with E-state index in [2.05, 4.69) is 0 Å². The summed E-state index contributed by atoms with van der Waals surface area (Å²) in [4.78, 5) is 0.195. The summed E-state index contributed by atoms with van der Waals surface area (Å²) in [6.07, 6.45) is 0. The van der Waals surface area contributed by atoms with Gasteiger partial charge in [-0.2, -0.15) is 4.31 Å². The van der Waals surface area contributed by atoms with Gasteiger partial charge in [0.2, 0.25) is 10.0 Å². The van der Waals surface area contributed by atoms with Crippen molar-refractivity contribution in [3.63, 3.8) is 0 Å². The number of hydrogen-bond acceptors (Lipinski definition) is 2. The van der Waals surface area contributed by atoms with Crippen molar-refractivity contribution in [3.8, 4) is 0 Å². The van der Waals surface area contributed by atoms with Crippen molar-refractivity contribution in [1.82, 2.24) is 4.31 Å². The van der Waals surface area contributed by atoms with E-state index in [1.807, 2.05) is 25.1 Å². The monoisotopic (exact) mass is 317 g/mol. The molecule has 0 aromatic heterocycles. The first-order valence-electron chi connectivity index (χ1n) is 6.98. The molecule has 0 saturated heterocycles. The van der Waals surface area contributed by atoms with Crippen molar-refractivity contribution in [1.29, 1.82) is 0 Å². The second kappa shape index (κ2) is 5.66. The number of sulfonamides is 1. The molecular formula is C17H16FNO2S. The largest absolute Gasteiger partial charge is 0.243 e. The molecule has 3 rings (SSSR count). The van der Waals surface area contributed by atoms with Crippen LogP contribution in [0.1, 0.15) is 11.1 Å². The van der Waals surface area contributed by atoms with Gasteiger partial charge in [-0.25, -0.2) is 12.8 Å². The summed E-state index contributed by atoms with van der Waals surface area (Å²) in [7, 11) is -3.68. The highest BCUT2D eigenvalue weighted by Crippen LogP contribution is 2.31. The van der Waals surface area contributed by atoms with E-state index in [9.17, 15) is 12.8 Å². The lowest BCUT2D eigenvalue weighted by Crippen LogP contribution is -2.29. The summed E-state index contributed by atoms with van der Waals surface area (Å²) in [5, 5.41) is 0.